The van der Waals surface area contributed by atoms with Gasteiger partial charge in [0.05, 0.1) is 23.9 Å². The van der Waals surface area contributed by atoms with Crippen LogP contribution in [0.25, 0.3) is 22.2 Å². The number of methoxy groups -OCH3 is 1. The van der Waals surface area contributed by atoms with Crippen molar-refractivity contribution in [1.82, 2.24) is 4.98 Å². The van der Waals surface area contributed by atoms with Crippen molar-refractivity contribution in [2.45, 2.75) is 0 Å². The van der Waals surface area contributed by atoms with Crippen LogP contribution in [0.4, 0.5) is 0 Å². The summed E-state index contributed by atoms with van der Waals surface area (Å²) in [7, 11) is 1.39. The minimum Gasteiger partial charge on any atom is -0.465 e. The summed E-state index contributed by atoms with van der Waals surface area (Å²) in [6, 6.07) is 19.1. The molecule has 0 aliphatic carbocycles. The number of nitrogens with zero attached hydrogens (tertiary/aromatic N) is 1. The number of hydrogen-bond acceptors (Lipinski definition) is 3. The maximum Gasteiger partial charge on any atom is 0.338 e. The first-order chi connectivity index (χ1) is 9.79. The van der Waals surface area contributed by atoms with E-state index >= 15 is 0 Å². The van der Waals surface area contributed by atoms with Crippen LogP contribution < -0.4 is 0 Å². The minimum atomic E-state index is -0.346. The van der Waals surface area contributed by atoms with Gasteiger partial charge in [-0.15, -0.1) is 0 Å². The SMILES string of the molecule is COC(=O)c1cc(-c2ccccc2)nc2ccccc12. The van der Waals surface area contributed by atoms with Crippen molar-refractivity contribution >= 4 is 16.9 Å². The number of ether oxygens (including phenoxy) is 1. The minimum absolute atomic E-state index is 0.346. The Labute approximate surface area is 116 Å². The number of carbonyl (C=O) groups is 1. The highest BCUT2D eigenvalue weighted by Gasteiger charge is 2.13. The van der Waals surface area contributed by atoms with E-state index in [0.29, 0.717) is 5.56 Å². The van der Waals surface area contributed by atoms with Crippen LogP contribution in [-0.2, 0) is 4.74 Å². The van der Waals surface area contributed by atoms with Crippen molar-refractivity contribution in [3.05, 3.63) is 66.2 Å². The molecule has 0 aliphatic rings. The van der Waals surface area contributed by atoms with E-state index in [1.165, 1.54) is 7.11 Å². The third-order valence-corrected chi connectivity index (χ3v) is 3.19. The molecule has 0 aliphatic heterocycles. The summed E-state index contributed by atoms with van der Waals surface area (Å²) in [4.78, 5) is 16.6. The van der Waals surface area contributed by atoms with Crippen LogP contribution in [0.1, 0.15) is 10.4 Å². The fourth-order valence-corrected chi connectivity index (χ4v) is 2.21. The Morgan fingerprint density at radius 1 is 1.00 bits per heavy atom. The molecule has 0 spiro atoms. The normalized spacial score (nSPS) is 10.4. The summed E-state index contributed by atoms with van der Waals surface area (Å²) in [5.41, 5.74) is 3.07. The zero-order chi connectivity index (χ0) is 13.9. The second kappa shape index (κ2) is 5.13. The molecule has 0 saturated heterocycles. The van der Waals surface area contributed by atoms with Crippen LogP contribution in [0.5, 0.6) is 0 Å². The standard InChI is InChI=1S/C17H13NO2/c1-20-17(19)14-11-16(12-7-3-2-4-8-12)18-15-10-6-5-9-13(14)15/h2-11H,1H3. The Hall–Kier alpha value is -2.68. The quantitative estimate of drug-likeness (QED) is 0.662. The summed E-state index contributed by atoms with van der Waals surface area (Å²) >= 11 is 0. The van der Waals surface area contributed by atoms with Crippen LogP contribution >= 0.6 is 0 Å². The highest BCUT2D eigenvalue weighted by molar-refractivity contribution is 6.04. The van der Waals surface area contributed by atoms with Crippen molar-refractivity contribution in [2.75, 3.05) is 7.11 Å². The maximum atomic E-state index is 12.0. The summed E-state index contributed by atoms with van der Waals surface area (Å²) < 4.78 is 4.87. The molecule has 0 atom stereocenters. The molecule has 98 valence electrons. The smallest absolute Gasteiger partial charge is 0.338 e. The molecule has 0 N–H and O–H groups in total. The number of aromatic nitrogens is 1. The Balaban J connectivity index is 2.28. The van der Waals surface area contributed by atoms with Gasteiger partial charge in [-0.3, -0.25) is 0 Å². The zero-order valence-corrected chi connectivity index (χ0v) is 11.0. The van der Waals surface area contributed by atoms with E-state index in [-0.39, 0.29) is 5.97 Å². The van der Waals surface area contributed by atoms with Crippen molar-refractivity contribution in [3.63, 3.8) is 0 Å². The fraction of sp³-hybridized carbons (Fsp3) is 0.0588. The molecule has 1 aromatic heterocycles. The number of carbonyl (C=O) groups excluding carboxylic acids is 1. The first-order valence-electron chi connectivity index (χ1n) is 6.33. The van der Waals surface area contributed by atoms with Crippen molar-refractivity contribution in [3.8, 4) is 11.3 Å². The van der Waals surface area contributed by atoms with Crippen LogP contribution in [0, 0.1) is 0 Å². The molecular weight excluding hydrogens is 250 g/mol. The van der Waals surface area contributed by atoms with Gasteiger partial charge in [-0.1, -0.05) is 48.5 Å². The largest absolute Gasteiger partial charge is 0.465 e. The van der Waals surface area contributed by atoms with Crippen LogP contribution in [-0.4, -0.2) is 18.1 Å². The number of esters is 1. The third kappa shape index (κ3) is 2.14. The molecule has 0 amide bonds. The van der Waals surface area contributed by atoms with Gasteiger partial charge < -0.3 is 4.74 Å². The van der Waals surface area contributed by atoms with Crippen molar-refractivity contribution < 1.29 is 9.53 Å². The highest BCUT2D eigenvalue weighted by Crippen LogP contribution is 2.25. The zero-order valence-electron chi connectivity index (χ0n) is 11.0. The van der Waals surface area contributed by atoms with E-state index in [0.717, 1.165) is 22.2 Å². The van der Waals surface area contributed by atoms with Gasteiger partial charge in [-0.2, -0.15) is 0 Å². The first-order valence-corrected chi connectivity index (χ1v) is 6.33. The molecule has 0 unspecified atom stereocenters. The molecule has 3 nitrogen and oxygen atoms in total. The predicted octanol–water partition coefficient (Wildman–Crippen LogP) is 3.69. The summed E-state index contributed by atoms with van der Waals surface area (Å²) in [5, 5.41) is 0.805. The van der Waals surface area contributed by atoms with E-state index < -0.39 is 0 Å². The lowest BCUT2D eigenvalue weighted by atomic mass is 10.0. The Morgan fingerprint density at radius 2 is 1.70 bits per heavy atom. The lowest BCUT2D eigenvalue weighted by molar-refractivity contribution is 0.0603. The van der Waals surface area contributed by atoms with E-state index in [9.17, 15) is 4.79 Å². The van der Waals surface area contributed by atoms with Crippen LogP contribution in [0.3, 0.4) is 0 Å². The van der Waals surface area contributed by atoms with E-state index in [1.807, 2.05) is 54.6 Å². The second-order valence-corrected chi connectivity index (χ2v) is 4.43. The molecule has 0 saturated carbocycles. The van der Waals surface area contributed by atoms with Gasteiger partial charge in [0.25, 0.3) is 0 Å². The van der Waals surface area contributed by atoms with Crippen LogP contribution in [0.15, 0.2) is 60.7 Å². The molecule has 2 aromatic carbocycles. The summed E-state index contributed by atoms with van der Waals surface area (Å²) in [5.74, 6) is -0.346. The topological polar surface area (TPSA) is 39.2 Å². The van der Waals surface area contributed by atoms with Gasteiger partial charge in [-0.05, 0) is 12.1 Å². The van der Waals surface area contributed by atoms with Gasteiger partial charge in [0, 0.05) is 10.9 Å². The van der Waals surface area contributed by atoms with Crippen molar-refractivity contribution in [2.24, 2.45) is 0 Å². The molecular formula is C17H13NO2. The number of benzene rings is 2. The first kappa shape index (κ1) is 12.4. The second-order valence-electron chi connectivity index (χ2n) is 4.43. The molecule has 0 bridgehead atoms. The Morgan fingerprint density at radius 3 is 2.45 bits per heavy atom. The lowest BCUT2D eigenvalue weighted by Crippen LogP contribution is -2.03. The molecule has 3 rings (SSSR count). The van der Waals surface area contributed by atoms with E-state index in [1.54, 1.807) is 6.07 Å². The Bertz CT molecular complexity index is 766. The molecule has 0 fully saturated rings. The predicted molar refractivity (Wildman–Crippen MR) is 78.5 cm³/mol. The number of pyridine rings is 1. The van der Waals surface area contributed by atoms with Gasteiger partial charge in [0.1, 0.15) is 0 Å². The van der Waals surface area contributed by atoms with E-state index in [4.69, 9.17) is 4.74 Å². The molecule has 1 heterocycles. The van der Waals surface area contributed by atoms with E-state index in [2.05, 4.69) is 4.98 Å². The Kier molecular flexibility index (Phi) is 3.17. The van der Waals surface area contributed by atoms with Gasteiger partial charge in [-0.25, -0.2) is 9.78 Å². The lowest BCUT2D eigenvalue weighted by Gasteiger charge is -2.08. The molecule has 20 heavy (non-hydrogen) atoms. The number of hydrogen-bond donors (Lipinski definition) is 0. The third-order valence-electron chi connectivity index (χ3n) is 3.19. The maximum absolute atomic E-state index is 12.0. The average Bonchev–Trinajstić information content (AvgIpc) is 2.54. The average molecular weight is 263 g/mol. The van der Waals surface area contributed by atoms with Gasteiger partial charge in [0.2, 0.25) is 0 Å². The van der Waals surface area contributed by atoms with Crippen molar-refractivity contribution in [1.29, 1.82) is 0 Å². The highest BCUT2D eigenvalue weighted by atomic mass is 16.5. The number of rotatable bonds is 2. The molecule has 3 heteroatoms. The fourth-order valence-electron chi connectivity index (χ4n) is 2.21. The monoisotopic (exact) mass is 263 g/mol. The number of fused-ring (bicyclic) bond motifs is 1. The summed E-state index contributed by atoms with van der Waals surface area (Å²) in [6.07, 6.45) is 0. The van der Waals surface area contributed by atoms with Gasteiger partial charge in [0.15, 0.2) is 0 Å². The number of para-hydroxylation sites is 1. The summed E-state index contributed by atoms with van der Waals surface area (Å²) in [6.45, 7) is 0. The van der Waals surface area contributed by atoms with Gasteiger partial charge >= 0.3 is 5.97 Å². The molecule has 0 radical (unpaired) electrons. The molecule has 3 aromatic rings. The van der Waals surface area contributed by atoms with Crippen LogP contribution in [0.2, 0.25) is 0 Å².